The second-order valence-corrected chi connectivity index (χ2v) is 3.78. The summed E-state index contributed by atoms with van der Waals surface area (Å²) >= 11 is 0. The highest BCUT2D eigenvalue weighted by atomic mass is 16.2. The van der Waals surface area contributed by atoms with Crippen molar-refractivity contribution in [2.24, 2.45) is 7.05 Å². The third-order valence-electron chi connectivity index (χ3n) is 2.74. The van der Waals surface area contributed by atoms with Gasteiger partial charge in [-0.2, -0.15) is 5.10 Å². The number of hydrogen-bond acceptors (Lipinski definition) is 4. The first kappa shape index (κ1) is 10.1. The van der Waals surface area contributed by atoms with Crippen molar-refractivity contribution in [2.45, 2.75) is 19.0 Å². The second-order valence-electron chi connectivity index (χ2n) is 3.78. The molecule has 0 aromatic carbocycles. The second kappa shape index (κ2) is 3.98. The van der Waals surface area contributed by atoms with Gasteiger partial charge in [-0.05, 0) is 6.42 Å². The lowest BCUT2D eigenvalue weighted by Gasteiger charge is -2.11. The summed E-state index contributed by atoms with van der Waals surface area (Å²) in [4.78, 5) is 17.4. The molecule has 1 aliphatic heterocycles. The van der Waals surface area contributed by atoms with Crippen LogP contribution < -0.4 is 5.32 Å². The Labute approximate surface area is 88.3 Å². The van der Waals surface area contributed by atoms with Crippen molar-refractivity contribution in [3.63, 3.8) is 0 Å². The first-order chi connectivity index (χ1) is 7.18. The molecule has 1 aromatic rings. The predicted molar refractivity (Wildman–Crippen MR) is 53.9 cm³/mol. The molecule has 6 nitrogen and oxygen atoms in total. The van der Waals surface area contributed by atoms with Gasteiger partial charge >= 0.3 is 0 Å². The number of aryl methyl sites for hydroxylation is 1. The fourth-order valence-electron chi connectivity index (χ4n) is 1.71. The van der Waals surface area contributed by atoms with Crippen molar-refractivity contribution in [3.8, 4) is 0 Å². The molecular weight excluding hydrogens is 194 g/mol. The minimum Gasteiger partial charge on any atom is -0.344 e. The van der Waals surface area contributed by atoms with E-state index in [0.717, 1.165) is 18.8 Å². The molecule has 15 heavy (non-hydrogen) atoms. The third kappa shape index (κ3) is 1.99. The number of hydrogen-bond donors (Lipinski definition) is 1. The molecule has 1 amide bonds. The standard InChI is InChI=1S/C9H15N5O/c1-13-4-3-7(9(13)15)10-5-8-11-6-12-14(8)2/h6-7,10H,3-5H2,1-2H3. The first-order valence-corrected chi connectivity index (χ1v) is 4.99. The Morgan fingerprint density at radius 1 is 1.60 bits per heavy atom. The molecule has 1 atom stereocenters. The molecule has 1 saturated heterocycles. The summed E-state index contributed by atoms with van der Waals surface area (Å²) < 4.78 is 1.70. The van der Waals surface area contributed by atoms with E-state index in [2.05, 4.69) is 15.4 Å². The van der Waals surface area contributed by atoms with E-state index in [1.807, 2.05) is 14.1 Å². The monoisotopic (exact) mass is 209 g/mol. The Morgan fingerprint density at radius 2 is 2.40 bits per heavy atom. The van der Waals surface area contributed by atoms with Gasteiger partial charge in [-0.3, -0.25) is 14.8 Å². The molecule has 6 heteroatoms. The fourth-order valence-corrected chi connectivity index (χ4v) is 1.71. The molecule has 1 N–H and O–H groups in total. The fraction of sp³-hybridized carbons (Fsp3) is 0.667. The Bertz CT molecular complexity index is 361. The zero-order valence-electron chi connectivity index (χ0n) is 8.97. The van der Waals surface area contributed by atoms with Gasteiger partial charge in [-0.25, -0.2) is 4.98 Å². The summed E-state index contributed by atoms with van der Waals surface area (Å²) in [6.07, 6.45) is 2.38. The highest BCUT2D eigenvalue weighted by Crippen LogP contribution is 2.08. The van der Waals surface area contributed by atoms with Crippen molar-refractivity contribution < 1.29 is 4.79 Å². The van der Waals surface area contributed by atoms with E-state index in [1.54, 1.807) is 9.58 Å². The molecule has 2 heterocycles. The summed E-state index contributed by atoms with van der Waals surface area (Å²) in [5, 5.41) is 7.16. The third-order valence-corrected chi connectivity index (χ3v) is 2.74. The van der Waals surface area contributed by atoms with E-state index in [9.17, 15) is 4.79 Å². The maximum absolute atomic E-state index is 11.6. The van der Waals surface area contributed by atoms with Crippen LogP contribution >= 0.6 is 0 Å². The van der Waals surface area contributed by atoms with Crippen LogP contribution in [0.25, 0.3) is 0 Å². The van der Waals surface area contributed by atoms with E-state index >= 15 is 0 Å². The molecule has 0 aliphatic carbocycles. The van der Waals surface area contributed by atoms with Crippen LogP contribution in [-0.4, -0.2) is 45.2 Å². The van der Waals surface area contributed by atoms with Crippen molar-refractivity contribution >= 4 is 5.91 Å². The molecule has 0 radical (unpaired) electrons. The van der Waals surface area contributed by atoms with Gasteiger partial charge in [0.25, 0.3) is 0 Å². The zero-order chi connectivity index (χ0) is 10.8. The molecule has 1 unspecified atom stereocenters. The van der Waals surface area contributed by atoms with Gasteiger partial charge < -0.3 is 4.90 Å². The van der Waals surface area contributed by atoms with Crippen molar-refractivity contribution in [3.05, 3.63) is 12.2 Å². The number of amides is 1. The molecule has 0 spiro atoms. The minimum absolute atomic E-state index is 0.0632. The zero-order valence-corrected chi connectivity index (χ0v) is 8.97. The summed E-state index contributed by atoms with van der Waals surface area (Å²) in [5.41, 5.74) is 0. The molecule has 1 aliphatic rings. The number of likely N-dealkylation sites (N-methyl/N-ethyl adjacent to an activating group) is 1. The van der Waals surface area contributed by atoms with Gasteiger partial charge in [-0.1, -0.05) is 0 Å². The van der Waals surface area contributed by atoms with Crippen molar-refractivity contribution in [2.75, 3.05) is 13.6 Å². The number of carbonyl (C=O) groups excluding carboxylic acids is 1. The van der Waals surface area contributed by atoms with Gasteiger partial charge in [0, 0.05) is 20.6 Å². The van der Waals surface area contributed by atoms with Crippen LogP contribution in [0.15, 0.2) is 6.33 Å². The largest absolute Gasteiger partial charge is 0.344 e. The molecule has 2 rings (SSSR count). The lowest BCUT2D eigenvalue weighted by Crippen LogP contribution is -2.37. The van der Waals surface area contributed by atoms with Gasteiger partial charge in [0.1, 0.15) is 12.2 Å². The van der Waals surface area contributed by atoms with Crippen LogP contribution in [0.2, 0.25) is 0 Å². The lowest BCUT2D eigenvalue weighted by molar-refractivity contribution is -0.128. The predicted octanol–water partition coefficient (Wildman–Crippen LogP) is -0.865. The smallest absolute Gasteiger partial charge is 0.239 e. The summed E-state index contributed by atoms with van der Waals surface area (Å²) in [7, 11) is 3.67. The molecule has 1 fully saturated rings. The van der Waals surface area contributed by atoms with Crippen LogP contribution in [0.4, 0.5) is 0 Å². The van der Waals surface area contributed by atoms with E-state index in [1.165, 1.54) is 6.33 Å². The highest BCUT2D eigenvalue weighted by molar-refractivity contribution is 5.83. The summed E-state index contributed by atoms with van der Waals surface area (Å²) in [6, 6.07) is -0.0632. The Kier molecular flexibility index (Phi) is 2.68. The maximum atomic E-state index is 11.6. The number of aromatic nitrogens is 3. The molecular formula is C9H15N5O. The van der Waals surface area contributed by atoms with Crippen LogP contribution in [0, 0.1) is 0 Å². The topological polar surface area (TPSA) is 63.0 Å². The van der Waals surface area contributed by atoms with E-state index in [-0.39, 0.29) is 11.9 Å². The Morgan fingerprint density at radius 3 is 2.93 bits per heavy atom. The highest BCUT2D eigenvalue weighted by Gasteiger charge is 2.28. The van der Waals surface area contributed by atoms with Crippen molar-refractivity contribution in [1.29, 1.82) is 0 Å². The number of nitrogens with zero attached hydrogens (tertiary/aromatic N) is 4. The minimum atomic E-state index is -0.0632. The Hall–Kier alpha value is -1.43. The van der Waals surface area contributed by atoms with E-state index in [0.29, 0.717) is 6.54 Å². The normalized spacial score (nSPS) is 21.3. The molecule has 0 bridgehead atoms. The number of likely N-dealkylation sites (tertiary alicyclic amines) is 1. The van der Waals surface area contributed by atoms with Crippen LogP contribution in [0.5, 0.6) is 0 Å². The molecule has 1 aromatic heterocycles. The summed E-state index contributed by atoms with van der Waals surface area (Å²) in [5.74, 6) is 1.01. The summed E-state index contributed by atoms with van der Waals surface area (Å²) in [6.45, 7) is 1.41. The number of rotatable bonds is 3. The van der Waals surface area contributed by atoms with Crippen LogP contribution in [-0.2, 0) is 18.4 Å². The SMILES string of the molecule is CN1CCC(NCc2ncnn2C)C1=O. The van der Waals surface area contributed by atoms with Crippen LogP contribution in [0.3, 0.4) is 0 Å². The average Bonchev–Trinajstić information content (AvgIpc) is 2.74. The molecule has 0 saturated carbocycles. The van der Waals surface area contributed by atoms with Gasteiger partial charge in [-0.15, -0.1) is 0 Å². The van der Waals surface area contributed by atoms with E-state index in [4.69, 9.17) is 0 Å². The van der Waals surface area contributed by atoms with Crippen molar-refractivity contribution in [1.82, 2.24) is 25.0 Å². The maximum Gasteiger partial charge on any atom is 0.239 e. The van der Waals surface area contributed by atoms with Gasteiger partial charge in [0.2, 0.25) is 5.91 Å². The van der Waals surface area contributed by atoms with Crippen LogP contribution in [0.1, 0.15) is 12.2 Å². The first-order valence-electron chi connectivity index (χ1n) is 4.99. The Balaban J connectivity index is 1.89. The van der Waals surface area contributed by atoms with E-state index < -0.39 is 0 Å². The molecule has 82 valence electrons. The number of carbonyl (C=O) groups is 1. The lowest BCUT2D eigenvalue weighted by atomic mass is 10.2. The number of nitrogens with one attached hydrogen (secondary N) is 1. The van der Waals surface area contributed by atoms with Gasteiger partial charge in [0.15, 0.2) is 0 Å². The quantitative estimate of drug-likeness (QED) is 0.703. The van der Waals surface area contributed by atoms with Gasteiger partial charge in [0.05, 0.1) is 12.6 Å². The average molecular weight is 209 g/mol.